The quantitative estimate of drug-likeness (QED) is 0.271. The highest BCUT2D eigenvalue weighted by molar-refractivity contribution is 7.10. The lowest BCUT2D eigenvalue weighted by molar-refractivity contribution is 0.0721. The number of nitrogens with one attached hydrogen (secondary N) is 2. The van der Waals surface area contributed by atoms with Gasteiger partial charge in [0.15, 0.2) is 0 Å². The number of carbonyl (C=O) groups excluding carboxylic acids is 1. The van der Waals surface area contributed by atoms with Crippen LogP contribution in [0.15, 0.2) is 60.5 Å². The van der Waals surface area contributed by atoms with Gasteiger partial charge in [0, 0.05) is 54.9 Å². The summed E-state index contributed by atoms with van der Waals surface area (Å²) in [6, 6.07) is 10.1. The van der Waals surface area contributed by atoms with Gasteiger partial charge in [0.05, 0.1) is 19.7 Å². The zero-order valence-corrected chi connectivity index (χ0v) is 23.6. The Hall–Kier alpha value is -3.31. The highest BCUT2D eigenvalue weighted by atomic mass is 32.1. The van der Waals surface area contributed by atoms with E-state index < -0.39 is 0 Å². The summed E-state index contributed by atoms with van der Waals surface area (Å²) in [4.78, 5) is 36.4. The van der Waals surface area contributed by atoms with Crippen LogP contribution in [0.4, 0.5) is 0 Å². The zero-order chi connectivity index (χ0) is 27.4. The van der Waals surface area contributed by atoms with Gasteiger partial charge in [-0.25, -0.2) is 9.97 Å². The van der Waals surface area contributed by atoms with E-state index >= 15 is 0 Å². The molecule has 2 aliphatic rings. The molecule has 10 heteroatoms. The minimum atomic E-state index is -0.0418. The van der Waals surface area contributed by atoms with Gasteiger partial charge in [-0.2, -0.15) is 0 Å². The molecule has 210 valence electrons. The second-order valence-electron chi connectivity index (χ2n) is 11.2. The number of aromatic nitrogens is 4. The van der Waals surface area contributed by atoms with Crippen molar-refractivity contribution in [3.8, 4) is 0 Å². The standard InChI is InChI=1S/C30H37N7O2S/c38-21-25-5-16-40-26(25)18-35-13-6-30(7-14-35)8-15-36(22-30)17-23-1-3-24(4-2-23)29(39)37(19-27-31-9-10-32-27)20-28-33-11-12-34-28/h1-5,9-12,16,38H,6-8,13-15,17-22H2,(H,31,32)(H,33,34). The fourth-order valence-corrected chi connectivity index (χ4v) is 7.07. The van der Waals surface area contributed by atoms with Crippen molar-refractivity contribution in [1.82, 2.24) is 34.6 Å². The number of imidazole rings is 2. The van der Waals surface area contributed by atoms with Crippen LogP contribution < -0.4 is 0 Å². The minimum Gasteiger partial charge on any atom is -0.392 e. The third-order valence-electron chi connectivity index (χ3n) is 8.49. The molecule has 1 aromatic carbocycles. The van der Waals surface area contributed by atoms with Gasteiger partial charge in [-0.05, 0) is 79.0 Å². The molecule has 0 bridgehead atoms. The van der Waals surface area contributed by atoms with E-state index in [0.29, 0.717) is 24.1 Å². The molecule has 0 aliphatic carbocycles. The molecule has 9 nitrogen and oxygen atoms in total. The first-order valence-corrected chi connectivity index (χ1v) is 14.9. The number of hydrogen-bond donors (Lipinski definition) is 3. The van der Waals surface area contributed by atoms with Gasteiger partial charge in [-0.3, -0.25) is 14.6 Å². The summed E-state index contributed by atoms with van der Waals surface area (Å²) >= 11 is 1.76. The second kappa shape index (κ2) is 12.1. The van der Waals surface area contributed by atoms with Crippen LogP contribution in [0.1, 0.15) is 57.3 Å². The first-order valence-electron chi connectivity index (χ1n) is 14.0. The van der Waals surface area contributed by atoms with Crippen LogP contribution in [0.25, 0.3) is 0 Å². The molecular formula is C30H37N7O2S. The smallest absolute Gasteiger partial charge is 0.254 e. The summed E-state index contributed by atoms with van der Waals surface area (Å²) < 4.78 is 0. The van der Waals surface area contributed by atoms with Crippen molar-refractivity contribution in [3.05, 3.63) is 93.7 Å². The maximum Gasteiger partial charge on any atom is 0.254 e. The average Bonchev–Trinajstić information content (AvgIpc) is 3.80. The summed E-state index contributed by atoms with van der Waals surface area (Å²) in [6.45, 7) is 7.29. The van der Waals surface area contributed by atoms with Gasteiger partial charge in [-0.1, -0.05) is 12.1 Å². The largest absolute Gasteiger partial charge is 0.392 e. The molecule has 40 heavy (non-hydrogen) atoms. The molecule has 2 fully saturated rings. The van der Waals surface area contributed by atoms with Crippen molar-refractivity contribution < 1.29 is 9.90 Å². The predicted molar refractivity (Wildman–Crippen MR) is 154 cm³/mol. The Labute approximate surface area is 238 Å². The maximum absolute atomic E-state index is 13.4. The molecule has 0 unspecified atom stereocenters. The Morgan fingerprint density at radius 2 is 1.57 bits per heavy atom. The predicted octanol–water partition coefficient (Wildman–Crippen LogP) is 4.02. The van der Waals surface area contributed by atoms with E-state index in [1.165, 1.54) is 29.7 Å². The fraction of sp³-hybridized carbons (Fsp3) is 0.433. The lowest BCUT2D eigenvalue weighted by Crippen LogP contribution is -2.41. The Bertz CT molecular complexity index is 1320. The molecule has 1 spiro atoms. The molecular weight excluding hydrogens is 522 g/mol. The summed E-state index contributed by atoms with van der Waals surface area (Å²) in [5, 5.41) is 11.7. The van der Waals surface area contributed by atoms with Crippen LogP contribution in [0.2, 0.25) is 0 Å². The number of rotatable bonds is 10. The van der Waals surface area contributed by atoms with Crippen molar-refractivity contribution in [2.24, 2.45) is 5.41 Å². The Balaban J connectivity index is 1.03. The summed E-state index contributed by atoms with van der Waals surface area (Å²) in [6.07, 6.45) is 10.7. The molecule has 4 aromatic rings. The van der Waals surface area contributed by atoms with E-state index in [4.69, 9.17) is 0 Å². The lowest BCUT2D eigenvalue weighted by atomic mass is 9.78. The van der Waals surface area contributed by atoms with Gasteiger partial charge in [-0.15, -0.1) is 11.3 Å². The van der Waals surface area contributed by atoms with Crippen molar-refractivity contribution in [1.29, 1.82) is 0 Å². The number of likely N-dealkylation sites (tertiary alicyclic amines) is 2. The second-order valence-corrected chi connectivity index (χ2v) is 12.2. The highest BCUT2D eigenvalue weighted by Crippen LogP contribution is 2.41. The third-order valence-corrected chi connectivity index (χ3v) is 9.44. The number of nitrogens with zero attached hydrogens (tertiary/aromatic N) is 5. The lowest BCUT2D eigenvalue weighted by Gasteiger charge is -2.39. The van der Waals surface area contributed by atoms with Crippen LogP contribution in [0.5, 0.6) is 0 Å². The maximum atomic E-state index is 13.4. The number of aromatic amines is 2. The highest BCUT2D eigenvalue weighted by Gasteiger charge is 2.40. The van der Waals surface area contributed by atoms with E-state index in [2.05, 4.69) is 47.2 Å². The molecule has 0 radical (unpaired) electrons. The van der Waals surface area contributed by atoms with Crippen molar-refractivity contribution in [2.75, 3.05) is 26.2 Å². The number of aliphatic hydroxyl groups is 1. The minimum absolute atomic E-state index is 0.0418. The number of aliphatic hydroxyl groups excluding tert-OH is 1. The topological polar surface area (TPSA) is 104 Å². The molecule has 3 aromatic heterocycles. The first kappa shape index (κ1) is 26.9. The van der Waals surface area contributed by atoms with Gasteiger partial charge in [0.2, 0.25) is 0 Å². The number of H-pyrrole nitrogens is 2. The molecule has 3 N–H and O–H groups in total. The van der Waals surface area contributed by atoms with Crippen molar-refractivity contribution >= 4 is 17.2 Å². The fourth-order valence-electron chi connectivity index (χ4n) is 6.13. The van der Waals surface area contributed by atoms with E-state index in [-0.39, 0.29) is 12.5 Å². The third kappa shape index (κ3) is 6.20. The molecule has 2 saturated heterocycles. The molecule has 0 atom stereocenters. The van der Waals surface area contributed by atoms with E-state index in [0.717, 1.165) is 56.5 Å². The monoisotopic (exact) mass is 559 g/mol. The number of benzene rings is 1. The molecule has 1 amide bonds. The number of hydrogen-bond acceptors (Lipinski definition) is 7. The number of amides is 1. The van der Waals surface area contributed by atoms with Crippen LogP contribution in [0, 0.1) is 5.41 Å². The Kier molecular flexibility index (Phi) is 8.10. The number of thiophene rings is 1. The normalized spacial score (nSPS) is 17.5. The summed E-state index contributed by atoms with van der Waals surface area (Å²) in [7, 11) is 0. The molecule has 2 aliphatic heterocycles. The van der Waals surface area contributed by atoms with E-state index in [1.807, 2.05) is 18.2 Å². The number of piperidine rings is 1. The van der Waals surface area contributed by atoms with Crippen LogP contribution in [-0.2, 0) is 32.8 Å². The van der Waals surface area contributed by atoms with Gasteiger partial charge >= 0.3 is 0 Å². The average molecular weight is 560 g/mol. The van der Waals surface area contributed by atoms with Gasteiger partial charge in [0.25, 0.3) is 5.91 Å². The first-order chi connectivity index (χ1) is 19.6. The van der Waals surface area contributed by atoms with Crippen molar-refractivity contribution in [3.63, 3.8) is 0 Å². The van der Waals surface area contributed by atoms with Crippen LogP contribution in [0.3, 0.4) is 0 Å². The zero-order valence-electron chi connectivity index (χ0n) is 22.8. The van der Waals surface area contributed by atoms with Crippen LogP contribution in [-0.4, -0.2) is 71.8 Å². The van der Waals surface area contributed by atoms with Gasteiger partial charge < -0.3 is 20.0 Å². The summed E-state index contributed by atoms with van der Waals surface area (Å²) in [5.74, 6) is 1.44. The SMILES string of the molecule is O=C(c1ccc(CN2CCC3(CCN(Cc4sccc4CO)CC3)C2)cc1)N(Cc1ncc[nH]1)Cc1ncc[nH]1. The van der Waals surface area contributed by atoms with E-state index in [1.54, 1.807) is 41.0 Å². The summed E-state index contributed by atoms with van der Waals surface area (Å²) in [5.41, 5.74) is 3.40. The van der Waals surface area contributed by atoms with Gasteiger partial charge in [0.1, 0.15) is 11.6 Å². The number of carbonyl (C=O) groups is 1. The van der Waals surface area contributed by atoms with Crippen molar-refractivity contribution in [2.45, 2.75) is 52.0 Å². The Morgan fingerprint density at radius 3 is 2.17 bits per heavy atom. The molecule has 5 heterocycles. The molecule has 6 rings (SSSR count). The van der Waals surface area contributed by atoms with E-state index in [9.17, 15) is 9.90 Å². The van der Waals surface area contributed by atoms with Crippen LogP contribution >= 0.6 is 11.3 Å². The molecule has 0 saturated carbocycles. The Morgan fingerprint density at radius 1 is 0.925 bits per heavy atom.